The number of amides is 1. The van der Waals surface area contributed by atoms with Crippen molar-refractivity contribution < 1.29 is 14.6 Å². The van der Waals surface area contributed by atoms with Crippen LogP contribution in [0.25, 0.3) is 11.1 Å². The molecule has 3 aromatic rings. The summed E-state index contributed by atoms with van der Waals surface area (Å²) < 4.78 is 7.26. The van der Waals surface area contributed by atoms with E-state index in [2.05, 4.69) is 36.1 Å². The van der Waals surface area contributed by atoms with E-state index < -0.39 is 0 Å². The second kappa shape index (κ2) is 12.9. The van der Waals surface area contributed by atoms with Gasteiger partial charge in [0.1, 0.15) is 17.6 Å². The quantitative estimate of drug-likeness (QED) is 0.352. The van der Waals surface area contributed by atoms with E-state index in [0.29, 0.717) is 61.2 Å². The zero-order valence-electron chi connectivity index (χ0n) is 24.4. The predicted molar refractivity (Wildman–Crippen MR) is 159 cm³/mol. The van der Waals surface area contributed by atoms with Gasteiger partial charge in [-0.25, -0.2) is 4.98 Å². The van der Waals surface area contributed by atoms with Crippen LogP contribution in [0.2, 0.25) is 0 Å². The zero-order chi connectivity index (χ0) is 28.9. The molecule has 1 aromatic carbocycles. The molecule has 1 amide bonds. The number of ether oxygens (including phenoxy) is 1. The van der Waals surface area contributed by atoms with Gasteiger partial charge >= 0.3 is 0 Å². The summed E-state index contributed by atoms with van der Waals surface area (Å²) in [5, 5.41) is 24.1. The molecule has 1 N–H and O–H groups in total. The fraction of sp³-hybridized carbons (Fsp3) is 0.515. The highest BCUT2D eigenvalue weighted by atomic mass is 16.5. The summed E-state index contributed by atoms with van der Waals surface area (Å²) in [7, 11) is 1.59. The number of nitrogens with zero attached hydrogens (tertiary/aromatic N) is 5. The number of hydrogen-bond acceptors (Lipinski definition) is 6. The highest BCUT2D eigenvalue weighted by Gasteiger charge is 2.33. The Kier molecular flexibility index (Phi) is 9.04. The Morgan fingerprint density at radius 2 is 1.85 bits per heavy atom. The lowest BCUT2D eigenvalue weighted by Gasteiger charge is -2.35. The van der Waals surface area contributed by atoms with Gasteiger partial charge in [-0.05, 0) is 112 Å². The van der Waals surface area contributed by atoms with Crippen molar-refractivity contribution in [1.29, 1.82) is 5.26 Å². The average molecular weight is 556 g/mol. The molecule has 2 aliphatic carbocycles. The van der Waals surface area contributed by atoms with Crippen LogP contribution in [-0.4, -0.2) is 45.5 Å². The van der Waals surface area contributed by atoms with Crippen molar-refractivity contribution in [2.75, 3.05) is 18.6 Å². The molecule has 0 aliphatic heterocycles. The van der Waals surface area contributed by atoms with E-state index >= 15 is 0 Å². The third kappa shape index (κ3) is 6.62. The van der Waals surface area contributed by atoms with Crippen molar-refractivity contribution in [1.82, 2.24) is 14.8 Å². The molecule has 0 unspecified atom stereocenters. The smallest absolute Gasteiger partial charge is 0.231 e. The van der Waals surface area contributed by atoms with Gasteiger partial charge in [0.05, 0.1) is 25.0 Å². The lowest BCUT2D eigenvalue weighted by atomic mass is 9.78. The van der Waals surface area contributed by atoms with E-state index in [0.717, 1.165) is 36.8 Å². The maximum absolute atomic E-state index is 14.0. The van der Waals surface area contributed by atoms with Crippen LogP contribution in [0.4, 0.5) is 5.82 Å². The van der Waals surface area contributed by atoms with Gasteiger partial charge in [0, 0.05) is 36.5 Å². The number of rotatable bonds is 8. The largest absolute Gasteiger partial charge is 0.495 e. The normalized spacial score (nSPS) is 22.7. The van der Waals surface area contributed by atoms with Crippen LogP contribution >= 0.6 is 0 Å². The predicted octanol–water partition coefficient (Wildman–Crippen LogP) is 6.26. The van der Waals surface area contributed by atoms with Crippen molar-refractivity contribution in [2.45, 2.75) is 83.3 Å². The van der Waals surface area contributed by atoms with E-state index in [9.17, 15) is 15.2 Å². The van der Waals surface area contributed by atoms with Crippen LogP contribution in [0.5, 0.6) is 5.75 Å². The highest BCUT2D eigenvalue weighted by Crippen LogP contribution is 2.39. The maximum Gasteiger partial charge on any atom is 0.231 e. The summed E-state index contributed by atoms with van der Waals surface area (Å²) in [6.07, 6.45) is 12.2. The molecule has 2 heterocycles. The summed E-state index contributed by atoms with van der Waals surface area (Å²) >= 11 is 0. The Hall–Kier alpha value is -3.70. The molecule has 216 valence electrons. The molecule has 8 nitrogen and oxygen atoms in total. The number of aliphatic hydroxyl groups is 1. The SMILES string of the molecule is COc1ccc(C2CCC(CN(C(=O)C3CCC(O)CC3)c3cc(-c4cnn(C(C)C)c4)ccn3)CC2)cc1C#N. The molecule has 2 aliphatic rings. The first-order chi connectivity index (χ1) is 19.9. The molecule has 0 atom stereocenters. The van der Waals surface area contributed by atoms with Crippen molar-refractivity contribution in [3.05, 3.63) is 60.0 Å². The van der Waals surface area contributed by atoms with Gasteiger partial charge < -0.3 is 9.84 Å². The van der Waals surface area contributed by atoms with Crippen LogP contribution in [-0.2, 0) is 4.79 Å². The molecule has 0 saturated heterocycles. The third-order valence-electron chi connectivity index (χ3n) is 8.90. The molecule has 2 saturated carbocycles. The van der Waals surface area contributed by atoms with E-state index in [1.54, 1.807) is 13.3 Å². The second-order valence-corrected chi connectivity index (χ2v) is 11.9. The van der Waals surface area contributed by atoms with Gasteiger partial charge in [-0.15, -0.1) is 0 Å². The number of carbonyl (C=O) groups is 1. The van der Waals surface area contributed by atoms with Crippen LogP contribution in [0.3, 0.4) is 0 Å². The Morgan fingerprint density at radius 1 is 1.10 bits per heavy atom. The lowest BCUT2D eigenvalue weighted by molar-refractivity contribution is -0.124. The van der Waals surface area contributed by atoms with Crippen molar-refractivity contribution in [2.24, 2.45) is 11.8 Å². The van der Waals surface area contributed by atoms with E-state index in [1.807, 2.05) is 46.2 Å². The number of methoxy groups -OCH3 is 1. The molecule has 0 spiro atoms. The molecular formula is C33H41N5O3. The minimum Gasteiger partial charge on any atom is -0.495 e. The fourth-order valence-electron chi connectivity index (χ4n) is 6.36. The number of nitriles is 1. The van der Waals surface area contributed by atoms with Gasteiger partial charge in [0.2, 0.25) is 5.91 Å². The summed E-state index contributed by atoms with van der Waals surface area (Å²) in [5.41, 5.74) is 3.76. The van der Waals surface area contributed by atoms with Gasteiger partial charge in [0.25, 0.3) is 0 Å². The first kappa shape index (κ1) is 28.8. The van der Waals surface area contributed by atoms with E-state index in [1.165, 1.54) is 5.56 Å². The van der Waals surface area contributed by atoms with Crippen LogP contribution in [0.1, 0.15) is 88.3 Å². The minimum atomic E-state index is -0.304. The van der Waals surface area contributed by atoms with Crippen LogP contribution in [0, 0.1) is 23.2 Å². The summed E-state index contributed by atoms with van der Waals surface area (Å²) in [4.78, 5) is 20.6. The second-order valence-electron chi connectivity index (χ2n) is 11.9. The molecular weight excluding hydrogens is 514 g/mol. The monoisotopic (exact) mass is 555 g/mol. The number of hydrogen-bond donors (Lipinski definition) is 1. The number of aliphatic hydroxyl groups excluding tert-OH is 1. The van der Waals surface area contributed by atoms with E-state index in [4.69, 9.17) is 4.74 Å². The minimum absolute atomic E-state index is 0.0902. The summed E-state index contributed by atoms with van der Waals surface area (Å²) in [6.45, 7) is 4.84. The topological polar surface area (TPSA) is 104 Å². The highest BCUT2D eigenvalue weighted by molar-refractivity contribution is 5.94. The van der Waals surface area contributed by atoms with Crippen LogP contribution in [0.15, 0.2) is 48.9 Å². The Bertz CT molecular complexity index is 1380. The Balaban J connectivity index is 1.34. The number of anilines is 1. The van der Waals surface area contributed by atoms with Crippen molar-refractivity contribution in [3.8, 4) is 22.9 Å². The van der Waals surface area contributed by atoms with Gasteiger partial charge in [-0.2, -0.15) is 10.4 Å². The number of pyridine rings is 1. The van der Waals surface area contributed by atoms with Gasteiger partial charge in [-0.3, -0.25) is 14.4 Å². The Labute approximate surface area is 243 Å². The molecule has 8 heteroatoms. The molecule has 2 fully saturated rings. The van der Waals surface area contributed by atoms with Crippen LogP contribution < -0.4 is 9.64 Å². The van der Waals surface area contributed by atoms with Gasteiger partial charge in [0.15, 0.2) is 0 Å². The first-order valence-electron chi connectivity index (χ1n) is 14.9. The molecule has 0 radical (unpaired) electrons. The molecule has 5 rings (SSSR count). The number of benzene rings is 1. The fourth-order valence-corrected chi connectivity index (χ4v) is 6.36. The summed E-state index contributed by atoms with van der Waals surface area (Å²) in [6, 6.07) is 12.4. The van der Waals surface area contributed by atoms with Crippen molar-refractivity contribution >= 4 is 11.7 Å². The van der Waals surface area contributed by atoms with Gasteiger partial charge in [-0.1, -0.05) is 6.07 Å². The first-order valence-corrected chi connectivity index (χ1v) is 14.9. The van der Waals surface area contributed by atoms with Crippen molar-refractivity contribution in [3.63, 3.8) is 0 Å². The number of carbonyl (C=O) groups excluding carboxylic acids is 1. The average Bonchev–Trinajstić information content (AvgIpc) is 3.51. The lowest BCUT2D eigenvalue weighted by Crippen LogP contribution is -2.42. The standard InChI is InChI=1S/C33H41N5O3/c1-22(2)38-21-29(19-36-38)27-14-15-35-32(17-27)37(33(40)25-8-11-30(39)12-9-25)20-23-4-6-24(7-5-23)26-10-13-31(41-3)28(16-26)18-34/h10,13-17,19,21-25,30,39H,4-9,11-12,20H2,1-3H3. The summed E-state index contributed by atoms with van der Waals surface area (Å²) in [5.74, 6) is 2.09. The Morgan fingerprint density at radius 3 is 2.51 bits per heavy atom. The molecule has 0 bridgehead atoms. The van der Waals surface area contributed by atoms with E-state index in [-0.39, 0.29) is 24.0 Å². The third-order valence-corrected chi connectivity index (χ3v) is 8.90. The maximum atomic E-state index is 14.0. The molecule has 41 heavy (non-hydrogen) atoms. The number of aromatic nitrogens is 3. The zero-order valence-corrected chi connectivity index (χ0v) is 24.4. The molecule has 2 aromatic heterocycles.